The Kier molecular flexibility index (Phi) is 6.52. The molecule has 0 spiro atoms. The Morgan fingerprint density at radius 1 is 1.24 bits per heavy atom. The smallest absolute Gasteiger partial charge is 0.234 e. The molecule has 0 atom stereocenters. The number of carbonyl (C=O) groups excluding carboxylic acids is 1. The van der Waals surface area contributed by atoms with Crippen molar-refractivity contribution in [3.05, 3.63) is 58.0 Å². The summed E-state index contributed by atoms with van der Waals surface area (Å²) in [7, 11) is 0. The zero-order valence-corrected chi connectivity index (χ0v) is 17.3. The third kappa shape index (κ3) is 5.31. The van der Waals surface area contributed by atoms with Crippen LogP contribution in [0.15, 0.2) is 66.6 Å². The van der Waals surface area contributed by atoms with E-state index in [0.717, 1.165) is 29.9 Å². The Morgan fingerprint density at radius 3 is 2.84 bits per heavy atom. The fourth-order valence-corrected chi connectivity index (χ4v) is 4.87. The van der Waals surface area contributed by atoms with E-state index in [-0.39, 0.29) is 5.91 Å². The highest BCUT2D eigenvalue weighted by molar-refractivity contribution is 9.10. The molecule has 0 saturated heterocycles. The fraction of sp³-hybridized carbons (Fsp3) is 0.118. The van der Waals surface area contributed by atoms with Crippen LogP contribution < -0.4 is 5.32 Å². The molecule has 1 aromatic heterocycles. The van der Waals surface area contributed by atoms with Crippen molar-refractivity contribution in [3.63, 3.8) is 0 Å². The van der Waals surface area contributed by atoms with Crippen molar-refractivity contribution in [1.29, 1.82) is 0 Å². The highest BCUT2D eigenvalue weighted by atomic mass is 79.9. The van der Waals surface area contributed by atoms with Crippen LogP contribution >= 0.6 is 50.8 Å². The molecule has 0 bridgehead atoms. The summed E-state index contributed by atoms with van der Waals surface area (Å²) in [5, 5.41) is 10.9. The van der Waals surface area contributed by atoms with E-state index in [0.29, 0.717) is 5.75 Å². The lowest BCUT2D eigenvalue weighted by Gasteiger charge is -2.10. The highest BCUT2D eigenvalue weighted by Gasteiger charge is 2.10. The van der Waals surface area contributed by atoms with E-state index < -0.39 is 0 Å². The molecule has 1 heterocycles. The Balaban J connectivity index is 1.63. The molecule has 3 rings (SSSR count). The molecule has 128 valence electrons. The minimum atomic E-state index is -0.0300. The largest absolute Gasteiger partial charge is 0.324 e. The number of rotatable bonds is 6. The van der Waals surface area contributed by atoms with Gasteiger partial charge in [-0.3, -0.25) is 4.79 Å². The zero-order chi connectivity index (χ0) is 17.6. The number of thioether (sulfide) groups is 1. The molecule has 0 aliphatic rings. The normalized spacial score (nSPS) is 10.6. The number of nitrogens with zero attached hydrogens (tertiary/aromatic N) is 2. The van der Waals surface area contributed by atoms with Crippen molar-refractivity contribution in [2.45, 2.75) is 21.1 Å². The van der Waals surface area contributed by atoms with Gasteiger partial charge in [-0.2, -0.15) is 0 Å². The summed E-state index contributed by atoms with van der Waals surface area (Å²) in [6.45, 7) is 2.04. The van der Waals surface area contributed by atoms with Gasteiger partial charge in [0.2, 0.25) is 5.91 Å². The summed E-state index contributed by atoms with van der Waals surface area (Å²) in [4.78, 5) is 14.4. The minimum Gasteiger partial charge on any atom is -0.324 e. The maximum Gasteiger partial charge on any atom is 0.234 e. The molecule has 0 aliphatic heterocycles. The molecule has 0 radical (unpaired) electrons. The molecule has 1 N–H and O–H groups in total. The number of aromatic nitrogens is 2. The third-order valence-electron chi connectivity index (χ3n) is 3.19. The quantitative estimate of drug-likeness (QED) is 0.501. The Morgan fingerprint density at radius 2 is 2.08 bits per heavy atom. The number of amides is 1. The van der Waals surface area contributed by atoms with Crippen LogP contribution in [-0.4, -0.2) is 21.9 Å². The number of carbonyl (C=O) groups is 1. The molecular formula is C17H14BrN3OS3. The van der Waals surface area contributed by atoms with Crippen molar-refractivity contribution in [2.24, 2.45) is 0 Å². The van der Waals surface area contributed by atoms with E-state index in [2.05, 4.69) is 31.4 Å². The highest BCUT2D eigenvalue weighted by Crippen LogP contribution is 2.34. The molecule has 0 saturated carbocycles. The number of nitrogens with one attached hydrogen (secondary N) is 1. The summed E-state index contributed by atoms with van der Waals surface area (Å²) in [5.41, 5.74) is 3.64. The van der Waals surface area contributed by atoms with E-state index in [1.165, 1.54) is 34.9 Å². The van der Waals surface area contributed by atoms with Gasteiger partial charge in [0, 0.05) is 14.3 Å². The SMILES string of the molecule is Cc1cc(Br)ccc1SCC(=O)Nc1ccccc1Sc1nncs1. The average molecular weight is 452 g/mol. The fourth-order valence-electron chi connectivity index (χ4n) is 2.06. The standard InChI is InChI=1S/C17H14BrN3OS3/c1-11-8-12(18)6-7-14(11)23-9-16(22)20-13-4-2-3-5-15(13)25-17-21-19-10-24-17/h2-8,10H,9H2,1H3,(H,20,22). The van der Waals surface area contributed by atoms with Crippen LogP contribution in [0.1, 0.15) is 5.56 Å². The van der Waals surface area contributed by atoms with Gasteiger partial charge in [0.25, 0.3) is 0 Å². The first-order valence-corrected chi connectivity index (χ1v) is 10.8. The summed E-state index contributed by atoms with van der Waals surface area (Å²) >= 11 is 7.96. The Labute approximate surface area is 167 Å². The molecule has 0 fully saturated rings. The molecule has 1 amide bonds. The van der Waals surface area contributed by atoms with Crippen molar-refractivity contribution in [1.82, 2.24) is 10.2 Å². The van der Waals surface area contributed by atoms with Crippen molar-refractivity contribution in [2.75, 3.05) is 11.1 Å². The molecule has 0 unspecified atom stereocenters. The summed E-state index contributed by atoms with van der Waals surface area (Å²) < 4.78 is 1.89. The van der Waals surface area contributed by atoms with Gasteiger partial charge in [0.15, 0.2) is 4.34 Å². The van der Waals surface area contributed by atoms with Crippen LogP contribution in [0.5, 0.6) is 0 Å². The third-order valence-corrected chi connectivity index (χ3v) is 6.72. The van der Waals surface area contributed by atoms with Gasteiger partial charge in [0.05, 0.1) is 11.4 Å². The van der Waals surface area contributed by atoms with Crippen LogP contribution in [0, 0.1) is 6.92 Å². The maximum atomic E-state index is 12.3. The van der Waals surface area contributed by atoms with E-state index in [1.54, 1.807) is 5.51 Å². The first kappa shape index (κ1) is 18.4. The summed E-state index contributed by atoms with van der Waals surface area (Å²) in [5.74, 6) is 0.331. The van der Waals surface area contributed by atoms with Crippen molar-refractivity contribution in [3.8, 4) is 0 Å². The first-order valence-electron chi connectivity index (χ1n) is 7.33. The number of benzene rings is 2. The van der Waals surface area contributed by atoms with E-state index in [1.807, 2.05) is 49.4 Å². The second-order valence-corrected chi connectivity index (χ2v) is 9.10. The monoisotopic (exact) mass is 451 g/mol. The predicted octanol–water partition coefficient (Wildman–Crippen LogP) is 5.49. The number of halogens is 1. The van der Waals surface area contributed by atoms with Crippen LogP contribution in [0.2, 0.25) is 0 Å². The Hall–Kier alpha value is -1.35. The molecular weight excluding hydrogens is 438 g/mol. The summed E-state index contributed by atoms with van der Waals surface area (Å²) in [6.07, 6.45) is 0. The van der Waals surface area contributed by atoms with Gasteiger partial charge in [-0.05, 0) is 42.8 Å². The molecule has 3 aromatic rings. The predicted molar refractivity (Wildman–Crippen MR) is 109 cm³/mol. The molecule has 8 heteroatoms. The number of hydrogen-bond donors (Lipinski definition) is 1. The van der Waals surface area contributed by atoms with E-state index in [9.17, 15) is 4.79 Å². The Bertz CT molecular complexity index is 871. The number of hydrogen-bond acceptors (Lipinski definition) is 6. The lowest BCUT2D eigenvalue weighted by Crippen LogP contribution is -2.14. The zero-order valence-electron chi connectivity index (χ0n) is 13.2. The van der Waals surface area contributed by atoms with Crippen LogP contribution in [0.25, 0.3) is 0 Å². The van der Waals surface area contributed by atoms with Gasteiger partial charge >= 0.3 is 0 Å². The van der Waals surface area contributed by atoms with Gasteiger partial charge in [-0.1, -0.05) is 51.2 Å². The maximum absolute atomic E-state index is 12.3. The first-order chi connectivity index (χ1) is 12.1. The van der Waals surface area contributed by atoms with Crippen LogP contribution in [-0.2, 0) is 4.79 Å². The molecule has 0 aliphatic carbocycles. The molecule has 25 heavy (non-hydrogen) atoms. The van der Waals surface area contributed by atoms with E-state index in [4.69, 9.17) is 0 Å². The number of aryl methyl sites for hydroxylation is 1. The summed E-state index contributed by atoms with van der Waals surface area (Å²) in [6, 6.07) is 13.8. The second kappa shape index (κ2) is 8.84. The second-order valence-electron chi connectivity index (χ2n) is 5.05. The van der Waals surface area contributed by atoms with Gasteiger partial charge in [0.1, 0.15) is 5.51 Å². The number of para-hydroxylation sites is 1. The lowest BCUT2D eigenvalue weighted by molar-refractivity contribution is -0.113. The average Bonchev–Trinajstić information content (AvgIpc) is 3.09. The van der Waals surface area contributed by atoms with Gasteiger partial charge < -0.3 is 5.32 Å². The van der Waals surface area contributed by atoms with Gasteiger partial charge in [-0.25, -0.2) is 0 Å². The van der Waals surface area contributed by atoms with Crippen molar-refractivity contribution >= 4 is 62.4 Å². The van der Waals surface area contributed by atoms with Crippen LogP contribution in [0.4, 0.5) is 5.69 Å². The topological polar surface area (TPSA) is 54.9 Å². The van der Waals surface area contributed by atoms with Gasteiger partial charge in [-0.15, -0.1) is 22.0 Å². The lowest BCUT2D eigenvalue weighted by atomic mass is 10.2. The van der Waals surface area contributed by atoms with E-state index >= 15 is 0 Å². The van der Waals surface area contributed by atoms with Crippen molar-refractivity contribution < 1.29 is 4.79 Å². The minimum absolute atomic E-state index is 0.0300. The molecule has 2 aromatic carbocycles. The molecule has 4 nitrogen and oxygen atoms in total. The number of anilines is 1. The van der Waals surface area contributed by atoms with Crippen LogP contribution in [0.3, 0.4) is 0 Å².